The maximum atomic E-state index is 10.5. The highest BCUT2D eigenvalue weighted by atomic mass is 16.5. The van der Waals surface area contributed by atoms with E-state index >= 15 is 0 Å². The lowest BCUT2D eigenvalue weighted by molar-refractivity contribution is -0.136. The Balaban J connectivity index is 2.74. The van der Waals surface area contributed by atoms with Crippen LogP contribution in [-0.4, -0.2) is 24.2 Å². The van der Waals surface area contributed by atoms with Crippen LogP contribution in [0.3, 0.4) is 0 Å². The van der Waals surface area contributed by atoms with Crippen LogP contribution in [0.4, 0.5) is 0 Å². The minimum atomic E-state index is -0.825. The van der Waals surface area contributed by atoms with Crippen LogP contribution in [0.2, 0.25) is 0 Å². The number of nitrogens with two attached hydrogens (primary N) is 1. The topological polar surface area (TPSA) is 72.5 Å². The van der Waals surface area contributed by atoms with Gasteiger partial charge >= 0.3 is 5.97 Å². The molecule has 4 heteroatoms. The number of hydrogen-bond donors (Lipinski definition) is 2. The molecule has 0 saturated heterocycles. The van der Waals surface area contributed by atoms with Crippen LogP contribution in [0.25, 0.3) is 0 Å². The average Bonchev–Trinajstić information content (AvgIpc) is 2.18. The number of rotatable bonds is 5. The molecule has 0 amide bonds. The zero-order valence-electron chi connectivity index (χ0n) is 8.69. The van der Waals surface area contributed by atoms with Crippen LogP contribution in [-0.2, 0) is 11.2 Å². The Morgan fingerprint density at radius 1 is 1.53 bits per heavy atom. The van der Waals surface area contributed by atoms with Crippen LogP contribution >= 0.6 is 0 Å². The van der Waals surface area contributed by atoms with Crippen molar-refractivity contribution in [2.45, 2.75) is 13.3 Å². The summed E-state index contributed by atoms with van der Waals surface area (Å²) in [5, 5.41) is 8.65. The maximum absolute atomic E-state index is 10.5. The third-order valence-corrected chi connectivity index (χ3v) is 2.04. The number of aryl methyl sites for hydroxylation is 1. The third-order valence-electron chi connectivity index (χ3n) is 2.04. The summed E-state index contributed by atoms with van der Waals surface area (Å²) in [6.07, 6.45) is 0.0446. The summed E-state index contributed by atoms with van der Waals surface area (Å²) < 4.78 is 5.32. The maximum Gasteiger partial charge on any atom is 0.307 e. The Bertz CT molecular complexity index is 350. The molecule has 0 radical (unpaired) electrons. The number of ether oxygens (including phenoxy) is 1. The molecule has 1 aromatic rings. The highest BCUT2D eigenvalue weighted by molar-refractivity contribution is 5.70. The first kappa shape index (κ1) is 11.5. The summed E-state index contributed by atoms with van der Waals surface area (Å²) in [4.78, 5) is 10.5. The predicted octanol–water partition coefficient (Wildman–Crippen LogP) is 0.960. The third kappa shape index (κ3) is 3.59. The van der Waals surface area contributed by atoms with Gasteiger partial charge in [-0.05, 0) is 30.2 Å². The van der Waals surface area contributed by atoms with E-state index in [4.69, 9.17) is 15.6 Å². The van der Waals surface area contributed by atoms with Gasteiger partial charge in [0.2, 0.25) is 0 Å². The molecular weight excluding hydrogens is 194 g/mol. The van der Waals surface area contributed by atoms with E-state index in [0.29, 0.717) is 13.2 Å². The lowest BCUT2D eigenvalue weighted by Gasteiger charge is -2.08. The minimum absolute atomic E-state index is 0.0446. The van der Waals surface area contributed by atoms with E-state index < -0.39 is 5.97 Å². The quantitative estimate of drug-likeness (QED) is 0.757. The Morgan fingerprint density at radius 2 is 2.27 bits per heavy atom. The van der Waals surface area contributed by atoms with E-state index in [1.807, 2.05) is 13.0 Å². The van der Waals surface area contributed by atoms with E-state index in [0.717, 1.165) is 16.9 Å². The van der Waals surface area contributed by atoms with Gasteiger partial charge in [-0.15, -0.1) is 0 Å². The fourth-order valence-electron chi connectivity index (χ4n) is 1.30. The summed E-state index contributed by atoms with van der Waals surface area (Å²) in [5.74, 6) is -0.0965. The molecule has 0 aliphatic heterocycles. The van der Waals surface area contributed by atoms with Crippen molar-refractivity contribution < 1.29 is 14.6 Å². The highest BCUT2D eigenvalue weighted by Crippen LogP contribution is 2.17. The summed E-state index contributed by atoms with van der Waals surface area (Å²) >= 11 is 0. The van der Waals surface area contributed by atoms with Crippen LogP contribution in [0.5, 0.6) is 5.75 Å². The molecule has 0 heterocycles. The second-order valence-corrected chi connectivity index (χ2v) is 3.30. The van der Waals surface area contributed by atoms with Crippen molar-refractivity contribution in [1.29, 1.82) is 0 Å². The van der Waals surface area contributed by atoms with E-state index in [1.54, 1.807) is 12.1 Å². The Labute approximate surface area is 88.7 Å². The molecule has 0 bridgehead atoms. The number of carbonyl (C=O) groups is 1. The van der Waals surface area contributed by atoms with Gasteiger partial charge in [-0.3, -0.25) is 4.79 Å². The fourth-order valence-corrected chi connectivity index (χ4v) is 1.30. The number of carboxylic acid groups (broad SMARTS) is 1. The number of carboxylic acids is 1. The van der Waals surface area contributed by atoms with Crippen molar-refractivity contribution in [2.24, 2.45) is 5.73 Å². The molecule has 82 valence electrons. The first-order chi connectivity index (χ1) is 7.13. The molecule has 0 fully saturated rings. The predicted molar refractivity (Wildman–Crippen MR) is 57.1 cm³/mol. The molecule has 0 aliphatic carbocycles. The molecule has 0 unspecified atom stereocenters. The van der Waals surface area contributed by atoms with Gasteiger partial charge in [0, 0.05) is 6.54 Å². The number of aliphatic carboxylic acids is 1. The average molecular weight is 209 g/mol. The second-order valence-electron chi connectivity index (χ2n) is 3.30. The summed E-state index contributed by atoms with van der Waals surface area (Å²) in [5.41, 5.74) is 7.04. The van der Waals surface area contributed by atoms with Gasteiger partial charge < -0.3 is 15.6 Å². The SMILES string of the molecule is Cc1cc(OCCN)ccc1CC(=O)O. The molecule has 0 spiro atoms. The van der Waals surface area contributed by atoms with Crippen LogP contribution in [0.1, 0.15) is 11.1 Å². The lowest BCUT2D eigenvalue weighted by atomic mass is 10.1. The van der Waals surface area contributed by atoms with Gasteiger partial charge in [0.25, 0.3) is 0 Å². The van der Waals surface area contributed by atoms with Gasteiger partial charge in [-0.2, -0.15) is 0 Å². The molecule has 0 aliphatic rings. The minimum Gasteiger partial charge on any atom is -0.492 e. The standard InChI is InChI=1S/C11H15NO3/c1-8-6-10(15-5-4-12)3-2-9(8)7-11(13)14/h2-3,6H,4-5,7,12H2,1H3,(H,13,14). The monoisotopic (exact) mass is 209 g/mol. The Kier molecular flexibility index (Phi) is 4.12. The summed E-state index contributed by atoms with van der Waals surface area (Å²) in [6.45, 7) is 2.81. The molecule has 0 aromatic heterocycles. The normalized spacial score (nSPS) is 10.0. The molecule has 0 atom stereocenters. The van der Waals surface area contributed by atoms with Gasteiger partial charge in [0.1, 0.15) is 12.4 Å². The Hall–Kier alpha value is -1.55. The van der Waals surface area contributed by atoms with Gasteiger partial charge in [0.15, 0.2) is 0 Å². The van der Waals surface area contributed by atoms with E-state index in [1.165, 1.54) is 0 Å². The van der Waals surface area contributed by atoms with Gasteiger partial charge in [-0.25, -0.2) is 0 Å². The lowest BCUT2D eigenvalue weighted by Crippen LogP contribution is -2.10. The van der Waals surface area contributed by atoms with Crippen molar-refractivity contribution in [2.75, 3.05) is 13.2 Å². The van der Waals surface area contributed by atoms with Crippen molar-refractivity contribution in [1.82, 2.24) is 0 Å². The van der Waals surface area contributed by atoms with Gasteiger partial charge in [0.05, 0.1) is 6.42 Å². The first-order valence-corrected chi connectivity index (χ1v) is 4.77. The highest BCUT2D eigenvalue weighted by Gasteiger charge is 2.04. The van der Waals surface area contributed by atoms with E-state index in [2.05, 4.69) is 0 Å². The van der Waals surface area contributed by atoms with Crippen molar-refractivity contribution in [3.05, 3.63) is 29.3 Å². The first-order valence-electron chi connectivity index (χ1n) is 4.77. The van der Waals surface area contributed by atoms with Crippen LogP contribution < -0.4 is 10.5 Å². The molecule has 1 rings (SSSR count). The van der Waals surface area contributed by atoms with Crippen molar-refractivity contribution in [3.8, 4) is 5.75 Å². The summed E-state index contributed by atoms with van der Waals surface area (Å²) in [7, 11) is 0. The molecular formula is C11H15NO3. The van der Waals surface area contributed by atoms with E-state index in [9.17, 15) is 4.79 Å². The van der Waals surface area contributed by atoms with Crippen LogP contribution in [0.15, 0.2) is 18.2 Å². The summed E-state index contributed by atoms with van der Waals surface area (Å²) in [6, 6.07) is 5.37. The Morgan fingerprint density at radius 3 is 2.80 bits per heavy atom. The van der Waals surface area contributed by atoms with Crippen LogP contribution in [0, 0.1) is 6.92 Å². The zero-order chi connectivity index (χ0) is 11.3. The molecule has 4 nitrogen and oxygen atoms in total. The zero-order valence-corrected chi connectivity index (χ0v) is 8.69. The number of benzene rings is 1. The molecule has 0 saturated carbocycles. The fraction of sp³-hybridized carbons (Fsp3) is 0.364. The van der Waals surface area contributed by atoms with Gasteiger partial charge in [-0.1, -0.05) is 6.07 Å². The molecule has 3 N–H and O–H groups in total. The smallest absolute Gasteiger partial charge is 0.307 e. The van der Waals surface area contributed by atoms with Crippen molar-refractivity contribution in [3.63, 3.8) is 0 Å². The number of hydrogen-bond acceptors (Lipinski definition) is 3. The molecule has 15 heavy (non-hydrogen) atoms. The largest absolute Gasteiger partial charge is 0.492 e. The molecule has 1 aromatic carbocycles. The van der Waals surface area contributed by atoms with Crippen molar-refractivity contribution >= 4 is 5.97 Å². The van der Waals surface area contributed by atoms with E-state index in [-0.39, 0.29) is 6.42 Å². The second kappa shape index (κ2) is 5.36.